The molecule has 1 aromatic carbocycles. The van der Waals surface area contributed by atoms with E-state index in [1.54, 1.807) is 13.0 Å². The van der Waals surface area contributed by atoms with Gasteiger partial charge in [0.25, 0.3) is 0 Å². The first-order valence-corrected chi connectivity index (χ1v) is 9.37. The van der Waals surface area contributed by atoms with E-state index in [0.717, 1.165) is 5.39 Å². The number of rotatable bonds is 7. The standard InChI is InChI=1S/C18H18N2O6S/c1-2-24-18(23)10-16-20(15(21)11-27-16)7-8-25-17(22)9-13-12-5-3-4-6-14(12)26-19-13/h3-6,10H,2,7-9,11H2,1H3/b16-10-. The Labute approximate surface area is 159 Å². The molecular formula is C18H18N2O6S. The first kappa shape index (κ1) is 19.0. The number of esters is 2. The van der Waals surface area contributed by atoms with E-state index in [4.69, 9.17) is 14.0 Å². The molecule has 27 heavy (non-hydrogen) atoms. The van der Waals surface area contributed by atoms with E-state index in [9.17, 15) is 14.4 Å². The number of hydrogen-bond acceptors (Lipinski definition) is 8. The summed E-state index contributed by atoms with van der Waals surface area (Å²) in [4.78, 5) is 37.0. The normalized spacial score (nSPS) is 15.5. The van der Waals surface area contributed by atoms with Crippen LogP contribution in [0.25, 0.3) is 11.0 Å². The van der Waals surface area contributed by atoms with Gasteiger partial charge in [0.1, 0.15) is 12.3 Å². The zero-order valence-electron chi connectivity index (χ0n) is 14.7. The van der Waals surface area contributed by atoms with E-state index in [-0.39, 0.29) is 37.8 Å². The SMILES string of the molecule is CCOC(=O)/C=C1\SCC(=O)N1CCOC(=O)Cc1noc2ccccc12. The van der Waals surface area contributed by atoms with Crippen molar-refractivity contribution in [1.82, 2.24) is 10.1 Å². The van der Waals surface area contributed by atoms with Crippen molar-refractivity contribution >= 4 is 40.6 Å². The molecule has 1 aliphatic rings. The Bertz CT molecular complexity index is 891. The highest BCUT2D eigenvalue weighted by atomic mass is 32.2. The minimum absolute atomic E-state index is 0.0150. The number of hydrogen-bond donors (Lipinski definition) is 0. The molecule has 0 N–H and O–H groups in total. The second kappa shape index (κ2) is 8.72. The highest BCUT2D eigenvalue weighted by Crippen LogP contribution is 2.28. The van der Waals surface area contributed by atoms with Gasteiger partial charge in [0, 0.05) is 5.39 Å². The lowest BCUT2D eigenvalue weighted by molar-refractivity contribution is -0.144. The highest BCUT2D eigenvalue weighted by molar-refractivity contribution is 8.04. The summed E-state index contributed by atoms with van der Waals surface area (Å²) in [7, 11) is 0. The highest BCUT2D eigenvalue weighted by Gasteiger charge is 2.27. The Hall–Kier alpha value is -2.81. The average molecular weight is 390 g/mol. The maximum absolute atomic E-state index is 12.1. The van der Waals surface area contributed by atoms with Gasteiger partial charge in [-0.25, -0.2) is 4.79 Å². The van der Waals surface area contributed by atoms with Gasteiger partial charge in [0.2, 0.25) is 5.91 Å². The lowest BCUT2D eigenvalue weighted by Gasteiger charge is -2.16. The third kappa shape index (κ3) is 4.68. The van der Waals surface area contributed by atoms with E-state index in [2.05, 4.69) is 5.16 Å². The molecule has 1 fully saturated rings. The average Bonchev–Trinajstić information content (AvgIpc) is 3.20. The van der Waals surface area contributed by atoms with Crippen LogP contribution in [0.1, 0.15) is 12.6 Å². The van der Waals surface area contributed by atoms with Crippen LogP contribution in [0.4, 0.5) is 0 Å². The van der Waals surface area contributed by atoms with Crippen LogP contribution in [0, 0.1) is 0 Å². The van der Waals surface area contributed by atoms with Crippen molar-refractivity contribution in [2.24, 2.45) is 0 Å². The van der Waals surface area contributed by atoms with Crippen molar-refractivity contribution in [2.45, 2.75) is 13.3 Å². The van der Waals surface area contributed by atoms with Crippen LogP contribution >= 0.6 is 11.8 Å². The van der Waals surface area contributed by atoms with E-state index in [1.807, 2.05) is 18.2 Å². The Kier molecular flexibility index (Phi) is 6.12. The first-order valence-electron chi connectivity index (χ1n) is 8.39. The number of carbonyl (C=O) groups excluding carboxylic acids is 3. The molecule has 0 unspecified atom stereocenters. The summed E-state index contributed by atoms with van der Waals surface area (Å²) in [5.74, 6) is -0.877. The Morgan fingerprint density at radius 3 is 2.96 bits per heavy atom. The number of benzene rings is 1. The van der Waals surface area contributed by atoms with Crippen LogP contribution in [0.15, 0.2) is 39.9 Å². The van der Waals surface area contributed by atoms with Gasteiger partial charge in [0.05, 0.1) is 36.4 Å². The molecule has 1 saturated heterocycles. The second-order valence-corrected chi connectivity index (χ2v) is 6.59. The van der Waals surface area contributed by atoms with Crippen LogP contribution in [0.2, 0.25) is 0 Å². The quantitative estimate of drug-likeness (QED) is 0.522. The van der Waals surface area contributed by atoms with Crippen molar-refractivity contribution in [3.8, 4) is 0 Å². The zero-order chi connectivity index (χ0) is 19.2. The number of fused-ring (bicyclic) bond motifs is 1. The molecule has 0 bridgehead atoms. The van der Waals surface area contributed by atoms with Crippen LogP contribution in [-0.4, -0.2) is 53.4 Å². The molecule has 2 aromatic rings. The number of para-hydroxylation sites is 1. The molecule has 3 rings (SSSR count). The van der Waals surface area contributed by atoms with Crippen molar-refractivity contribution in [2.75, 3.05) is 25.5 Å². The number of carbonyl (C=O) groups is 3. The number of amides is 1. The summed E-state index contributed by atoms with van der Waals surface area (Å²) < 4.78 is 15.2. The summed E-state index contributed by atoms with van der Waals surface area (Å²) in [6.45, 7) is 2.15. The zero-order valence-corrected chi connectivity index (χ0v) is 15.5. The third-order valence-corrected chi connectivity index (χ3v) is 4.81. The number of aromatic nitrogens is 1. The molecule has 0 radical (unpaired) electrons. The molecule has 9 heteroatoms. The summed E-state index contributed by atoms with van der Waals surface area (Å²) >= 11 is 1.25. The fourth-order valence-electron chi connectivity index (χ4n) is 2.56. The van der Waals surface area contributed by atoms with Gasteiger partial charge < -0.3 is 18.9 Å². The van der Waals surface area contributed by atoms with E-state index in [0.29, 0.717) is 16.3 Å². The van der Waals surface area contributed by atoms with E-state index < -0.39 is 11.9 Å². The molecule has 0 aliphatic carbocycles. The van der Waals surface area contributed by atoms with Crippen LogP contribution in [0.3, 0.4) is 0 Å². The van der Waals surface area contributed by atoms with E-state index >= 15 is 0 Å². The Morgan fingerprint density at radius 1 is 1.33 bits per heavy atom. The predicted octanol–water partition coefficient (Wildman–Crippen LogP) is 1.89. The molecule has 8 nitrogen and oxygen atoms in total. The minimum Gasteiger partial charge on any atom is -0.463 e. The maximum atomic E-state index is 12.1. The molecule has 142 valence electrons. The van der Waals surface area contributed by atoms with Gasteiger partial charge >= 0.3 is 11.9 Å². The van der Waals surface area contributed by atoms with Crippen molar-refractivity contribution in [1.29, 1.82) is 0 Å². The number of thioether (sulfide) groups is 1. The van der Waals surface area contributed by atoms with Gasteiger partial charge in [-0.1, -0.05) is 29.1 Å². The van der Waals surface area contributed by atoms with Crippen molar-refractivity contribution in [3.63, 3.8) is 0 Å². The minimum atomic E-state index is -0.505. The van der Waals surface area contributed by atoms with Crippen LogP contribution in [0.5, 0.6) is 0 Å². The predicted molar refractivity (Wildman–Crippen MR) is 97.6 cm³/mol. The molecule has 0 saturated carbocycles. The Balaban J connectivity index is 1.53. The van der Waals surface area contributed by atoms with Gasteiger partial charge in [-0.3, -0.25) is 9.59 Å². The molecule has 0 atom stereocenters. The fraction of sp³-hybridized carbons (Fsp3) is 0.333. The fourth-order valence-corrected chi connectivity index (χ4v) is 3.51. The smallest absolute Gasteiger partial charge is 0.333 e. The summed E-state index contributed by atoms with van der Waals surface area (Å²) in [6, 6.07) is 7.25. The molecular weight excluding hydrogens is 372 g/mol. The maximum Gasteiger partial charge on any atom is 0.333 e. The first-order chi connectivity index (χ1) is 13.1. The topological polar surface area (TPSA) is 98.9 Å². The Morgan fingerprint density at radius 2 is 2.15 bits per heavy atom. The molecule has 1 aliphatic heterocycles. The lowest BCUT2D eigenvalue weighted by atomic mass is 10.2. The van der Waals surface area contributed by atoms with Gasteiger partial charge in [0.15, 0.2) is 5.58 Å². The van der Waals surface area contributed by atoms with Crippen LogP contribution < -0.4 is 0 Å². The summed E-state index contributed by atoms with van der Waals surface area (Å²) in [5, 5.41) is 5.15. The van der Waals surface area contributed by atoms with E-state index in [1.165, 1.54) is 22.7 Å². The van der Waals surface area contributed by atoms with Gasteiger partial charge in [-0.05, 0) is 19.1 Å². The van der Waals surface area contributed by atoms with Crippen LogP contribution in [-0.2, 0) is 30.3 Å². The van der Waals surface area contributed by atoms with Crippen molar-refractivity contribution < 1.29 is 28.4 Å². The molecule has 1 amide bonds. The number of ether oxygens (including phenoxy) is 2. The molecule has 1 aromatic heterocycles. The summed E-state index contributed by atoms with van der Waals surface area (Å²) in [6.07, 6.45) is 1.26. The number of nitrogens with zero attached hydrogens (tertiary/aromatic N) is 2. The van der Waals surface area contributed by atoms with Gasteiger partial charge in [-0.2, -0.15) is 0 Å². The summed E-state index contributed by atoms with van der Waals surface area (Å²) in [5.41, 5.74) is 1.11. The second-order valence-electron chi connectivity index (χ2n) is 5.59. The van der Waals surface area contributed by atoms with Gasteiger partial charge in [-0.15, -0.1) is 0 Å². The lowest BCUT2D eigenvalue weighted by Crippen LogP contribution is -2.29. The van der Waals surface area contributed by atoms with Crippen molar-refractivity contribution in [3.05, 3.63) is 41.1 Å². The molecule has 0 spiro atoms. The third-order valence-electron chi connectivity index (χ3n) is 3.78. The molecule has 2 heterocycles. The largest absolute Gasteiger partial charge is 0.463 e. The monoisotopic (exact) mass is 390 g/mol.